The standard InChI is InChI=1S/C20H22N2O2/c1-14(24-18-7-5-6-15(12-18)13-21)19(23)22-17-10-8-16(9-11-17)20(2,3)4/h5-12,14H,1-4H3,(H,22,23). The van der Waals surface area contributed by atoms with Crippen molar-refractivity contribution in [1.29, 1.82) is 5.26 Å². The molecule has 1 atom stereocenters. The number of nitriles is 1. The number of carbonyl (C=O) groups excluding carboxylic acids is 1. The van der Waals surface area contributed by atoms with Crippen molar-refractivity contribution in [2.24, 2.45) is 0 Å². The normalized spacial score (nSPS) is 12.1. The molecule has 1 unspecified atom stereocenters. The summed E-state index contributed by atoms with van der Waals surface area (Å²) in [5.74, 6) is 0.264. The van der Waals surface area contributed by atoms with E-state index in [1.165, 1.54) is 5.56 Å². The van der Waals surface area contributed by atoms with Crippen molar-refractivity contribution in [3.05, 3.63) is 59.7 Å². The van der Waals surface area contributed by atoms with Gasteiger partial charge >= 0.3 is 0 Å². The van der Waals surface area contributed by atoms with Gasteiger partial charge in [0.05, 0.1) is 11.6 Å². The summed E-state index contributed by atoms with van der Waals surface area (Å²) >= 11 is 0. The highest BCUT2D eigenvalue weighted by molar-refractivity contribution is 5.94. The SMILES string of the molecule is CC(Oc1cccc(C#N)c1)C(=O)Nc1ccc(C(C)(C)C)cc1. The molecule has 0 spiro atoms. The van der Waals surface area contributed by atoms with Gasteiger partial charge in [0.25, 0.3) is 5.91 Å². The second-order valence-electron chi connectivity index (χ2n) is 6.72. The molecule has 0 saturated heterocycles. The third-order valence-corrected chi connectivity index (χ3v) is 3.66. The molecule has 0 aromatic heterocycles. The third-order valence-electron chi connectivity index (χ3n) is 3.66. The average Bonchev–Trinajstić information content (AvgIpc) is 2.54. The summed E-state index contributed by atoms with van der Waals surface area (Å²) in [7, 11) is 0. The molecule has 2 rings (SSSR count). The van der Waals surface area contributed by atoms with Gasteiger partial charge in [0.15, 0.2) is 6.10 Å². The van der Waals surface area contributed by atoms with Gasteiger partial charge in [-0.1, -0.05) is 39.0 Å². The van der Waals surface area contributed by atoms with Crippen LogP contribution in [0, 0.1) is 11.3 Å². The van der Waals surface area contributed by atoms with E-state index in [1.807, 2.05) is 30.3 Å². The minimum Gasteiger partial charge on any atom is -0.481 e. The molecule has 124 valence electrons. The summed E-state index contributed by atoms with van der Waals surface area (Å²) in [6.07, 6.45) is -0.666. The number of ether oxygens (including phenoxy) is 1. The van der Waals surface area contributed by atoms with E-state index in [2.05, 4.69) is 26.1 Å². The fourth-order valence-corrected chi connectivity index (χ4v) is 2.19. The topological polar surface area (TPSA) is 62.1 Å². The lowest BCUT2D eigenvalue weighted by molar-refractivity contribution is -0.122. The van der Waals surface area contributed by atoms with Crippen LogP contribution in [0.15, 0.2) is 48.5 Å². The predicted octanol–water partition coefficient (Wildman–Crippen LogP) is 4.26. The average molecular weight is 322 g/mol. The van der Waals surface area contributed by atoms with Crippen LogP contribution < -0.4 is 10.1 Å². The van der Waals surface area contributed by atoms with E-state index < -0.39 is 6.10 Å². The molecular weight excluding hydrogens is 300 g/mol. The molecule has 0 bridgehead atoms. The Morgan fingerprint density at radius 3 is 2.42 bits per heavy atom. The zero-order chi connectivity index (χ0) is 17.7. The molecule has 0 heterocycles. The summed E-state index contributed by atoms with van der Waals surface area (Å²) < 4.78 is 5.61. The second kappa shape index (κ2) is 7.18. The molecule has 0 aliphatic rings. The first-order valence-electron chi connectivity index (χ1n) is 7.88. The fourth-order valence-electron chi connectivity index (χ4n) is 2.19. The lowest BCUT2D eigenvalue weighted by Gasteiger charge is -2.19. The van der Waals surface area contributed by atoms with E-state index in [0.717, 1.165) is 5.69 Å². The maximum Gasteiger partial charge on any atom is 0.265 e. The molecule has 4 nitrogen and oxygen atoms in total. The zero-order valence-electron chi connectivity index (χ0n) is 14.5. The molecular formula is C20H22N2O2. The number of carbonyl (C=O) groups is 1. The first kappa shape index (κ1) is 17.6. The number of amides is 1. The molecule has 1 amide bonds. The minimum absolute atomic E-state index is 0.0741. The molecule has 4 heteroatoms. The number of hydrogen-bond donors (Lipinski definition) is 1. The van der Waals surface area contributed by atoms with Crippen LogP contribution in [-0.2, 0) is 10.2 Å². The van der Waals surface area contributed by atoms with Crippen molar-refractivity contribution in [2.75, 3.05) is 5.32 Å². The highest BCUT2D eigenvalue weighted by Crippen LogP contribution is 2.23. The number of rotatable bonds is 4. The van der Waals surface area contributed by atoms with Gasteiger partial charge in [0.2, 0.25) is 0 Å². The van der Waals surface area contributed by atoms with Gasteiger partial charge in [0, 0.05) is 5.69 Å². The summed E-state index contributed by atoms with van der Waals surface area (Å²) in [6, 6.07) is 16.6. The van der Waals surface area contributed by atoms with Crippen LogP contribution >= 0.6 is 0 Å². The van der Waals surface area contributed by atoms with E-state index in [4.69, 9.17) is 10.00 Å². The van der Waals surface area contributed by atoms with Gasteiger partial charge in [-0.05, 0) is 48.2 Å². The molecule has 1 N–H and O–H groups in total. The van der Waals surface area contributed by atoms with Crippen LogP contribution in [0.3, 0.4) is 0 Å². The molecule has 0 aliphatic heterocycles. The van der Waals surface area contributed by atoms with E-state index in [1.54, 1.807) is 31.2 Å². The predicted molar refractivity (Wildman–Crippen MR) is 95.0 cm³/mol. The monoisotopic (exact) mass is 322 g/mol. The first-order valence-corrected chi connectivity index (χ1v) is 7.88. The number of nitrogens with zero attached hydrogens (tertiary/aromatic N) is 1. The summed E-state index contributed by atoms with van der Waals surface area (Å²) in [5, 5.41) is 11.7. The molecule has 2 aromatic rings. The van der Waals surface area contributed by atoms with Crippen molar-refractivity contribution >= 4 is 11.6 Å². The number of nitrogens with one attached hydrogen (secondary N) is 1. The smallest absolute Gasteiger partial charge is 0.265 e. The molecule has 0 saturated carbocycles. The lowest BCUT2D eigenvalue weighted by atomic mass is 9.87. The number of benzene rings is 2. The highest BCUT2D eigenvalue weighted by Gasteiger charge is 2.16. The Morgan fingerprint density at radius 1 is 1.17 bits per heavy atom. The van der Waals surface area contributed by atoms with Crippen molar-refractivity contribution in [3.63, 3.8) is 0 Å². The van der Waals surface area contributed by atoms with Gasteiger partial charge in [-0.2, -0.15) is 5.26 Å². The molecule has 2 aromatic carbocycles. The van der Waals surface area contributed by atoms with Crippen LogP contribution in [0.4, 0.5) is 5.69 Å². The quantitative estimate of drug-likeness (QED) is 0.914. The van der Waals surface area contributed by atoms with Crippen LogP contribution in [0.1, 0.15) is 38.8 Å². The van der Waals surface area contributed by atoms with Crippen molar-refractivity contribution < 1.29 is 9.53 Å². The van der Waals surface area contributed by atoms with Crippen molar-refractivity contribution in [1.82, 2.24) is 0 Å². The number of hydrogen-bond acceptors (Lipinski definition) is 3. The van der Waals surface area contributed by atoms with Crippen molar-refractivity contribution in [2.45, 2.75) is 39.2 Å². The summed E-state index contributed by atoms with van der Waals surface area (Å²) in [4.78, 5) is 12.3. The fraction of sp³-hybridized carbons (Fsp3) is 0.300. The highest BCUT2D eigenvalue weighted by atomic mass is 16.5. The molecule has 0 fully saturated rings. The van der Waals surface area contributed by atoms with Crippen LogP contribution in [-0.4, -0.2) is 12.0 Å². The maximum atomic E-state index is 12.3. The largest absolute Gasteiger partial charge is 0.481 e. The Labute approximate surface area is 143 Å². The van der Waals surface area contributed by atoms with Gasteiger partial charge in [-0.3, -0.25) is 4.79 Å². The van der Waals surface area contributed by atoms with Gasteiger partial charge in [-0.15, -0.1) is 0 Å². The van der Waals surface area contributed by atoms with Gasteiger partial charge < -0.3 is 10.1 Å². The van der Waals surface area contributed by atoms with E-state index in [0.29, 0.717) is 11.3 Å². The zero-order valence-corrected chi connectivity index (χ0v) is 14.5. The maximum absolute atomic E-state index is 12.3. The van der Waals surface area contributed by atoms with E-state index >= 15 is 0 Å². The Morgan fingerprint density at radius 2 is 1.83 bits per heavy atom. The van der Waals surface area contributed by atoms with E-state index in [9.17, 15) is 4.79 Å². The Bertz CT molecular complexity index is 752. The number of anilines is 1. The second-order valence-corrected chi connectivity index (χ2v) is 6.72. The Hall–Kier alpha value is -2.80. The summed E-state index contributed by atoms with van der Waals surface area (Å²) in [6.45, 7) is 8.11. The van der Waals surface area contributed by atoms with Gasteiger partial charge in [-0.25, -0.2) is 0 Å². The Kier molecular flexibility index (Phi) is 5.25. The van der Waals surface area contributed by atoms with Crippen LogP contribution in [0.2, 0.25) is 0 Å². The lowest BCUT2D eigenvalue weighted by Crippen LogP contribution is -2.30. The molecule has 0 aliphatic carbocycles. The molecule has 24 heavy (non-hydrogen) atoms. The Balaban J connectivity index is 2.00. The van der Waals surface area contributed by atoms with E-state index in [-0.39, 0.29) is 11.3 Å². The molecule has 0 radical (unpaired) electrons. The van der Waals surface area contributed by atoms with Crippen LogP contribution in [0.25, 0.3) is 0 Å². The summed E-state index contributed by atoms with van der Waals surface area (Å²) in [5.41, 5.74) is 2.51. The first-order chi connectivity index (χ1) is 11.3. The van der Waals surface area contributed by atoms with Crippen molar-refractivity contribution in [3.8, 4) is 11.8 Å². The minimum atomic E-state index is -0.666. The van der Waals surface area contributed by atoms with Gasteiger partial charge in [0.1, 0.15) is 5.75 Å². The van der Waals surface area contributed by atoms with Crippen LogP contribution in [0.5, 0.6) is 5.75 Å². The third kappa shape index (κ3) is 4.60.